The Morgan fingerprint density at radius 1 is 1.75 bits per heavy atom. The van der Waals surface area contributed by atoms with E-state index < -0.39 is 0 Å². The summed E-state index contributed by atoms with van der Waals surface area (Å²) in [7, 11) is 0. The Hall–Kier alpha value is 1.67. The molecular weight excluding hydrogens is 170 g/mol. The molecule has 0 bridgehead atoms. The van der Waals surface area contributed by atoms with E-state index in [1.54, 1.807) is 0 Å². The van der Waals surface area contributed by atoms with Gasteiger partial charge in [0, 0.05) is 0 Å². The van der Waals surface area contributed by atoms with Gasteiger partial charge in [-0.3, -0.25) is 0 Å². The zero-order valence-corrected chi connectivity index (χ0v) is 4.50. The first-order valence-corrected chi connectivity index (χ1v) is 1.67. The van der Waals surface area contributed by atoms with Gasteiger partial charge in [-0.25, -0.2) is 0 Å². The summed E-state index contributed by atoms with van der Waals surface area (Å²) in [5.41, 5.74) is 0. The molecule has 0 aliphatic heterocycles. The Bertz CT molecular complexity index is 8.00. The van der Waals surface area contributed by atoms with Crippen molar-refractivity contribution in [2.75, 3.05) is 0 Å². The zero-order valence-electron chi connectivity index (χ0n) is 1.29. The molecule has 0 aromatic heterocycles. The first-order valence-electron chi connectivity index (χ1n) is 0.358. The van der Waals surface area contributed by atoms with Crippen LogP contribution in [0.5, 0.6) is 0 Å². The van der Waals surface area contributed by atoms with Gasteiger partial charge in [0.2, 0.25) is 0 Å². The molecule has 0 rings (SSSR count). The largest absolute Gasteiger partial charge is 0.187 e. The molecule has 0 radical (unpaired) electrons. The minimum atomic E-state index is 0. The van der Waals surface area contributed by atoms with Gasteiger partial charge in [-0.15, -0.1) is 0 Å². The van der Waals surface area contributed by atoms with Crippen LogP contribution in [0, 0.1) is 0 Å². The molecule has 0 saturated heterocycles. The summed E-state index contributed by atoms with van der Waals surface area (Å²) in [5.74, 6) is 0. The summed E-state index contributed by atoms with van der Waals surface area (Å²) in [4.78, 5) is 0. The number of halogens is 1. The van der Waals surface area contributed by atoms with Crippen molar-refractivity contribution in [3.05, 3.63) is 0 Å². The molecule has 1 nitrogen and oxygen atoms in total. The number of hydrogen-bond acceptors (Lipinski definition) is 1. The molecule has 0 aliphatic rings. The van der Waals surface area contributed by atoms with E-state index in [-0.39, 0.29) is 17.4 Å². The standard InChI is InChI=1S/Al.ClO.Zr.3H/c;1-2;;;;/q;-1;+1;;;. The maximum Gasteiger partial charge on any atom is 0.187 e. The third-order valence-electron chi connectivity index (χ3n) is 0. The molecular formula is H3AlClOZr. The topological polar surface area (TPSA) is 9.23 Å². The second kappa shape index (κ2) is 8.82. The normalized spacial score (nSPS) is 4.00. The molecule has 0 saturated carbocycles. The van der Waals surface area contributed by atoms with Gasteiger partial charge >= 0.3 is 39.4 Å². The van der Waals surface area contributed by atoms with Gasteiger partial charge in [-0.1, -0.05) is 0 Å². The van der Waals surface area contributed by atoms with E-state index in [0.29, 0.717) is 0 Å². The molecule has 23 valence electrons. The molecule has 0 aromatic carbocycles. The van der Waals surface area contributed by atoms with Crippen LogP contribution in [0.4, 0.5) is 0 Å². The molecule has 0 N–H and O–H groups in total. The van der Waals surface area contributed by atoms with Crippen molar-refractivity contribution in [2.45, 2.75) is 0 Å². The van der Waals surface area contributed by atoms with Gasteiger partial charge in [-0.05, 0) is 0 Å². The monoisotopic (exact) mass is 171 g/mol. The van der Waals surface area contributed by atoms with Gasteiger partial charge < -0.3 is 0 Å². The molecule has 0 amide bonds. The average Bonchev–Trinajstić information content (AvgIpc) is 0.918. The summed E-state index contributed by atoms with van der Waals surface area (Å²) in [6, 6.07) is 0. The van der Waals surface area contributed by atoms with Crippen LogP contribution in [0.1, 0.15) is 0 Å². The Balaban J connectivity index is 0. The van der Waals surface area contributed by atoms with E-state index in [1.165, 1.54) is 0 Å². The van der Waals surface area contributed by atoms with Crippen molar-refractivity contribution in [3.8, 4) is 0 Å². The second-order valence-corrected chi connectivity index (χ2v) is 1.37. The molecule has 0 aromatic rings. The smallest absolute Gasteiger partial charge is 0.187 e. The summed E-state index contributed by atoms with van der Waals surface area (Å²) in [6.07, 6.45) is 0. The fraction of sp³-hybridized carbons (Fsp3) is 0. The van der Waals surface area contributed by atoms with Crippen molar-refractivity contribution in [3.63, 3.8) is 0 Å². The van der Waals surface area contributed by atoms with E-state index in [2.05, 4.69) is 14.2 Å². The van der Waals surface area contributed by atoms with Crippen LogP contribution in [-0.2, 0) is 27.5 Å². The SMILES string of the molecule is Cl[O][Zr].[AlH3]. The van der Waals surface area contributed by atoms with Gasteiger partial charge in [0.1, 0.15) is 0 Å². The molecule has 0 atom stereocenters. The Morgan fingerprint density at radius 3 is 1.75 bits per heavy atom. The van der Waals surface area contributed by atoms with E-state index in [1.807, 2.05) is 0 Å². The van der Waals surface area contributed by atoms with Crippen LogP contribution < -0.4 is 0 Å². The van der Waals surface area contributed by atoms with E-state index in [0.717, 1.165) is 25.2 Å². The van der Waals surface area contributed by atoms with Crippen LogP contribution in [0.2, 0.25) is 0 Å². The Kier molecular flexibility index (Phi) is 20.2. The summed E-state index contributed by atoms with van der Waals surface area (Å²) in [5, 5.41) is 0. The third-order valence-corrected chi connectivity index (χ3v) is 0. The predicted octanol–water partition coefficient (Wildman–Crippen LogP) is -0.565. The fourth-order valence-electron chi connectivity index (χ4n) is 0. The average molecular weight is 173 g/mol. The van der Waals surface area contributed by atoms with E-state index >= 15 is 0 Å². The van der Waals surface area contributed by atoms with Crippen molar-refractivity contribution in [2.24, 2.45) is 0 Å². The Morgan fingerprint density at radius 2 is 1.75 bits per heavy atom. The maximum atomic E-state index is 4.54. The Labute approximate surface area is 56.4 Å². The van der Waals surface area contributed by atoms with Crippen molar-refractivity contribution in [1.29, 1.82) is 0 Å². The summed E-state index contributed by atoms with van der Waals surface area (Å²) >= 11 is 5.44. The van der Waals surface area contributed by atoms with Gasteiger partial charge in [-0.2, -0.15) is 0 Å². The van der Waals surface area contributed by atoms with Crippen LogP contribution in [0.15, 0.2) is 0 Å². The number of hydrogen-bond donors (Lipinski definition) is 0. The third kappa shape index (κ3) is 9.39. The quantitative estimate of drug-likeness (QED) is 0.445. The summed E-state index contributed by atoms with van der Waals surface area (Å²) < 4.78 is 3.81. The van der Waals surface area contributed by atoms with Crippen LogP contribution in [0.3, 0.4) is 0 Å². The first-order chi connectivity index (χ1) is 1.41. The molecule has 0 aliphatic carbocycles. The molecule has 0 fully saturated rings. The van der Waals surface area contributed by atoms with Crippen molar-refractivity contribution in [1.82, 2.24) is 0 Å². The van der Waals surface area contributed by atoms with Gasteiger partial charge in [0.05, 0.1) is 0 Å². The zero-order chi connectivity index (χ0) is 2.71. The first kappa shape index (κ1) is 9.18. The molecule has 0 heterocycles. The minimum Gasteiger partial charge on any atom is 0.187 e. The number of rotatable bonds is 0. The minimum absolute atomic E-state index is 0. The fourth-order valence-corrected chi connectivity index (χ4v) is 0. The van der Waals surface area contributed by atoms with E-state index in [9.17, 15) is 0 Å². The van der Waals surface area contributed by atoms with Crippen LogP contribution in [0.25, 0.3) is 0 Å². The van der Waals surface area contributed by atoms with Crippen LogP contribution >= 0.6 is 11.9 Å². The predicted molar refractivity (Wildman–Crippen MR) is 16.9 cm³/mol. The van der Waals surface area contributed by atoms with Crippen molar-refractivity contribution >= 4 is 29.2 Å². The van der Waals surface area contributed by atoms with Crippen molar-refractivity contribution < 1.29 is 27.5 Å². The molecule has 0 unspecified atom stereocenters. The molecule has 4 heavy (non-hydrogen) atoms. The van der Waals surface area contributed by atoms with E-state index in [4.69, 9.17) is 0 Å². The molecule has 4 heteroatoms. The second-order valence-electron chi connectivity index (χ2n) is 0.0772. The molecule has 0 spiro atoms. The van der Waals surface area contributed by atoms with Gasteiger partial charge in [0.15, 0.2) is 17.4 Å². The van der Waals surface area contributed by atoms with Crippen LogP contribution in [-0.4, -0.2) is 17.4 Å². The maximum absolute atomic E-state index is 4.54. The van der Waals surface area contributed by atoms with Gasteiger partial charge in [0.25, 0.3) is 0 Å². The summed E-state index contributed by atoms with van der Waals surface area (Å²) in [6.45, 7) is 0.